The van der Waals surface area contributed by atoms with E-state index >= 15 is 0 Å². The molecule has 0 aromatic carbocycles. The van der Waals surface area contributed by atoms with Crippen molar-refractivity contribution in [1.29, 1.82) is 0 Å². The summed E-state index contributed by atoms with van der Waals surface area (Å²) in [4.78, 5) is 2.60. The zero-order valence-electron chi connectivity index (χ0n) is 9.97. The summed E-state index contributed by atoms with van der Waals surface area (Å²) in [5.41, 5.74) is 0.645. The highest BCUT2D eigenvalue weighted by atomic mass is 15.2. The Hall–Kier alpha value is -0.0800. The van der Waals surface area contributed by atoms with Crippen molar-refractivity contribution in [3.05, 3.63) is 0 Å². The maximum Gasteiger partial charge on any atom is 0.0177 e. The Labute approximate surface area is 93.4 Å². The fraction of sp³-hybridized carbons (Fsp3) is 1.00. The summed E-state index contributed by atoms with van der Waals surface area (Å²) in [5, 5.41) is 3.81. The van der Waals surface area contributed by atoms with Gasteiger partial charge in [-0.3, -0.25) is 0 Å². The minimum Gasteiger partial charge on any atom is -0.313 e. The van der Waals surface area contributed by atoms with E-state index in [2.05, 4.69) is 17.3 Å². The van der Waals surface area contributed by atoms with E-state index in [0.29, 0.717) is 5.41 Å². The molecule has 2 heteroatoms. The molecule has 0 aromatic heterocycles. The van der Waals surface area contributed by atoms with Crippen LogP contribution in [0.3, 0.4) is 0 Å². The van der Waals surface area contributed by atoms with Crippen LogP contribution in [0.1, 0.15) is 38.5 Å². The summed E-state index contributed by atoms with van der Waals surface area (Å²) in [6.07, 6.45) is 8.79. The predicted octanol–water partition coefficient (Wildman–Crippen LogP) is 1.86. The molecule has 86 valence electrons. The van der Waals surface area contributed by atoms with Gasteiger partial charge in [-0.2, -0.15) is 0 Å². The number of piperidine rings is 1. The van der Waals surface area contributed by atoms with Crippen molar-refractivity contribution in [3.63, 3.8) is 0 Å². The molecule has 15 heavy (non-hydrogen) atoms. The third kappa shape index (κ3) is 1.62. The standard InChI is InChI=1S/C13H24N2/c1-15-9-11-5-8-14-12(11)13(10-15)6-3-2-4-7-13/h11-12,14H,2-10H2,1H3. The van der Waals surface area contributed by atoms with Crippen LogP contribution in [-0.2, 0) is 0 Å². The monoisotopic (exact) mass is 208 g/mol. The first-order chi connectivity index (χ1) is 7.30. The van der Waals surface area contributed by atoms with Gasteiger partial charge in [0.25, 0.3) is 0 Å². The van der Waals surface area contributed by atoms with Crippen LogP contribution < -0.4 is 5.32 Å². The number of nitrogens with one attached hydrogen (secondary N) is 1. The second-order valence-electron chi connectivity index (χ2n) is 6.10. The first-order valence-corrected chi connectivity index (χ1v) is 6.72. The van der Waals surface area contributed by atoms with Crippen molar-refractivity contribution in [3.8, 4) is 0 Å². The van der Waals surface area contributed by atoms with Gasteiger partial charge in [0, 0.05) is 19.1 Å². The first kappa shape index (κ1) is 10.1. The van der Waals surface area contributed by atoms with Gasteiger partial charge in [-0.1, -0.05) is 19.3 Å². The average molecular weight is 208 g/mol. The molecule has 1 aliphatic carbocycles. The molecule has 2 unspecified atom stereocenters. The fourth-order valence-corrected chi connectivity index (χ4v) is 4.50. The second-order valence-corrected chi connectivity index (χ2v) is 6.10. The Morgan fingerprint density at radius 2 is 2.00 bits per heavy atom. The SMILES string of the molecule is CN1CC2CCNC2C2(CCCCC2)C1. The van der Waals surface area contributed by atoms with Gasteiger partial charge in [0.1, 0.15) is 0 Å². The fourth-order valence-electron chi connectivity index (χ4n) is 4.50. The summed E-state index contributed by atoms with van der Waals surface area (Å²) in [6, 6.07) is 0.856. The van der Waals surface area contributed by atoms with E-state index in [4.69, 9.17) is 0 Å². The number of fused-ring (bicyclic) bond motifs is 2. The van der Waals surface area contributed by atoms with Crippen molar-refractivity contribution < 1.29 is 0 Å². The van der Waals surface area contributed by atoms with Crippen LogP contribution in [-0.4, -0.2) is 37.6 Å². The van der Waals surface area contributed by atoms with Crippen molar-refractivity contribution >= 4 is 0 Å². The molecule has 2 nitrogen and oxygen atoms in total. The zero-order chi connectivity index (χ0) is 10.3. The second kappa shape index (κ2) is 3.74. The summed E-state index contributed by atoms with van der Waals surface area (Å²) < 4.78 is 0. The Morgan fingerprint density at radius 1 is 1.20 bits per heavy atom. The van der Waals surface area contributed by atoms with Gasteiger partial charge in [-0.15, -0.1) is 0 Å². The van der Waals surface area contributed by atoms with E-state index in [-0.39, 0.29) is 0 Å². The van der Waals surface area contributed by atoms with E-state index in [1.165, 1.54) is 58.2 Å². The molecule has 3 aliphatic rings. The maximum atomic E-state index is 3.81. The van der Waals surface area contributed by atoms with Crippen molar-refractivity contribution in [1.82, 2.24) is 10.2 Å². The highest BCUT2D eigenvalue weighted by Crippen LogP contribution is 2.46. The van der Waals surface area contributed by atoms with E-state index in [0.717, 1.165) is 12.0 Å². The van der Waals surface area contributed by atoms with Crippen molar-refractivity contribution in [2.75, 3.05) is 26.7 Å². The minimum absolute atomic E-state index is 0.645. The molecule has 3 rings (SSSR count). The van der Waals surface area contributed by atoms with E-state index in [1.807, 2.05) is 0 Å². The molecule has 0 bridgehead atoms. The van der Waals surface area contributed by atoms with Gasteiger partial charge >= 0.3 is 0 Å². The number of hydrogen-bond acceptors (Lipinski definition) is 2. The zero-order valence-corrected chi connectivity index (χ0v) is 9.97. The molecular weight excluding hydrogens is 184 g/mol. The Morgan fingerprint density at radius 3 is 2.80 bits per heavy atom. The quantitative estimate of drug-likeness (QED) is 0.654. The Kier molecular flexibility index (Phi) is 2.52. The molecule has 2 saturated heterocycles. The van der Waals surface area contributed by atoms with Crippen LogP contribution in [0.5, 0.6) is 0 Å². The highest BCUT2D eigenvalue weighted by molar-refractivity contribution is 5.04. The van der Waals surface area contributed by atoms with Gasteiger partial charge in [0.05, 0.1) is 0 Å². The van der Waals surface area contributed by atoms with Gasteiger partial charge in [0.15, 0.2) is 0 Å². The van der Waals surface area contributed by atoms with E-state index < -0.39 is 0 Å². The van der Waals surface area contributed by atoms with Crippen LogP contribution in [0, 0.1) is 11.3 Å². The molecule has 2 heterocycles. The third-order valence-corrected chi connectivity index (χ3v) is 4.99. The van der Waals surface area contributed by atoms with E-state index in [1.54, 1.807) is 0 Å². The molecule has 1 spiro atoms. The lowest BCUT2D eigenvalue weighted by atomic mass is 9.64. The molecular formula is C13H24N2. The molecule has 0 amide bonds. The summed E-state index contributed by atoms with van der Waals surface area (Å²) in [5.74, 6) is 0.946. The van der Waals surface area contributed by atoms with Crippen molar-refractivity contribution in [2.45, 2.75) is 44.6 Å². The summed E-state index contributed by atoms with van der Waals surface area (Å²) >= 11 is 0. The largest absolute Gasteiger partial charge is 0.313 e. The van der Waals surface area contributed by atoms with Crippen LogP contribution in [0.15, 0.2) is 0 Å². The lowest BCUT2D eigenvalue weighted by Crippen LogP contribution is -2.58. The molecule has 1 N–H and O–H groups in total. The summed E-state index contributed by atoms with van der Waals surface area (Å²) in [6.45, 7) is 3.95. The lowest BCUT2D eigenvalue weighted by Gasteiger charge is -2.51. The first-order valence-electron chi connectivity index (χ1n) is 6.72. The van der Waals surface area contributed by atoms with E-state index in [9.17, 15) is 0 Å². The molecule has 2 atom stereocenters. The Balaban J connectivity index is 1.84. The molecule has 1 saturated carbocycles. The topological polar surface area (TPSA) is 15.3 Å². The van der Waals surface area contributed by atoms with Gasteiger partial charge < -0.3 is 10.2 Å². The van der Waals surface area contributed by atoms with Gasteiger partial charge in [-0.25, -0.2) is 0 Å². The Bertz CT molecular complexity index is 233. The smallest absolute Gasteiger partial charge is 0.0177 e. The molecule has 0 aromatic rings. The number of rotatable bonds is 0. The van der Waals surface area contributed by atoms with Crippen LogP contribution in [0.2, 0.25) is 0 Å². The average Bonchev–Trinajstić information content (AvgIpc) is 2.67. The summed E-state index contributed by atoms with van der Waals surface area (Å²) in [7, 11) is 2.32. The lowest BCUT2D eigenvalue weighted by molar-refractivity contribution is 0.0122. The minimum atomic E-state index is 0.645. The van der Waals surface area contributed by atoms with Gasteiger partial charge in [-0.05, 0) is 44.2 Å². The van der Waals surface area contributed by atoms with Gasteiger partial charge in [0.2, 0.25) is 0 Å². The number of nitrogens with zero attached hydrogens (tertiary/aromatic N) is 1. The maximum absolute atomic E-state index is 3.81. The molecule has 2 aliphatic heterocycles. The molecule has 3 fully saturated rings. The number of likely N-dealkylation sites (tertiary alicyclic amines) is 1. The third-order valence-electron chi connectivity index (χ3n) is 4.99. The normalized spacial score (nSPS) is 40.6. The van der Waals surface area contributed by atoms with Crippen LogP contribution >= 0.6 is 0 Å². The predicted molar refractivity (Wildman–Crippen MR) is 62.9 cm³/mol. The highest BCUT2D eigenvalue weighted by Gasteiger charge is 2.49. The number of hydrogen-bond donors (Lipinski definition) is 1. The van der Waals surface area contributed by atoms with Crippen LogP contribution in [0.4, 0.5) is 0 Å². The molecule has 0 radical (unpaired) electrons. The van der Waals surface area contributed by atoms with Crippen molar-refractivity contribution in [2.24, 2.45) is 11.3 Å². The van der Waals surface area contributed by atoms with Crippen LogP contribution in [0.25, 0.3) is 0 Å².